The Morgan fingerprint density at radius 3 is 1.51 bits per heavy atom. The molecule has 0 saturated carbocycles. The number of benzene rings is 8. The van der Waals surface area contributed by atoms with Crippen LogP contribution in [0.1, 0.15) is 0 Å². The molecule has 0 aliphatic carbocycles. The molecule has 2 heterocycles. The van der Waals surface area contributed by atoms with Crippen molar-refractivity contribution >= 4 is 32.6 Å². The Kier molecular flexibility index (Phi) is 7.43. The monoisotopic (exact) mass is 676 g/mol. The maximum absolute atomic E-state index is 5.10. The largest absolute Gasteiger partial charge is 0.309 e. The van der Waals surface area contributed by atoms with E-state index in [1.807, 2.05) is 36.4 Å². The molecule has 10 rings (SSSR count). The highest BCUT2D eigenvalue weighted by Crippen LogP contribution is 2.37. The molecule has 0 N–H and O–H groups in total. The van der Waals surface area contributed by atoms with Crippen LogP contribution in [0.25, 0.3) is 94.7 Å². The first-order valence-corrected chi connectivity index (χ1v) is 17.9. The summed E-state index contributed by atoms with van der Waals surface area (Å²) in [5, 5.41) is 4.70. The maximum atomic E-state index is 5.10. The van der Waals surface area contributed by atoms with Crippen molar-refractivity contribution in [3.63, 3.8) is 0 Å². The molecule has 0 bridgehead atoms. The number of para-hydroxylation sites is 1. The smallest absolute Gasteiger partial charge is 0.164 e. The second-order valence-electron chi connectivity index (χ2n) is 13.3. The van der Waals surface area contributed by atoms with Crippen LogP contribution in [0.3, 0.4) is 0 Å². The van der Waals surface area contributed by atoms with Crippen molar-refractivity contribution in [3.8, 4) is 62.1 Å². The van der Waals surface area contributed by atoms with Crippen molar-refractivity contribution in [2.24, 2.45) is 0 Å². The van der Waals surface area contributed by atoms with Gasteiger partial charge in [-0.1, -0.05) is 152 Å². The van der Waals surface area contributed by atoms with Crippen molar-refractivity contribution in [1.82, 2.24) is 19.5 Å². The SMILES string of the molecule is c1ccc(-c2cccc(-c3nc(-c4ccccc4)nc(-c4ccc5cc6c(cc5c4)c4ccccc4n6-c4cccc(-c5ccccc5)c4)n3)c2)cc1. The summed E-state index contributed by atoms with van der Waals surface area (Å²) >= 11 is 0. The highest BCUT2D eigenvalue weighted by molar-refractivity contribution is 6.14. The average molecular weight is 677 g/mol. The van der Waals surface area contributed by atoms with E-state index < -0.39 is 0 Å². The number of aromatic nitrogens is 4. The third-order valence-electron chi connectivity index (χ3n) is 10.00. The lowest BCUT2D eigenvalue weighted by Crippen LogP contribution is -2.00. The molecule has 2 aromatic heterocycles. The van der Waals surface area contributed by atoms with Crippen molar-refractivity contribution < 1.29 is 0 Å². The van der Waals surface area contributed by atoms with E-state index in [2.05, 4.69) is 162 Å². The second-order valence-corrected chi connectivity index (χ2v) is 13.3. The summed E-state index contributed by atoms with van der Waals surface area (Å²) in [6.07, 6.45) is 0. The van der Waals surface area contributed by atoms with Gasteiger partial charge < -0.3 is 4.57 Å². The van der Waals surface area contributed by atoms with E-state index in [9.17, 15) is 0 Å². The highest BCUT2D eigenvalue weighted by Gasteiger charge is 2.16. The quantitative estimate of drug-likeness (QED) is 0.176. The fraction of sp³-hybridized carbons (Fsp3) is 0. The highest BCUT2D eigenvalue weighted by atomic mass is 15.0. The minimum Gasteiger partial charge on any atom is -0.309 e. The third kappa shape index (κ3) is 5.63. The Balaban J connectivity index is 1.12. The van der Waals surface area contributed by atoms with Gasteiger partial charge in [-0.2, -0.15) is 0 Å². The standard InChI is InChI=1S/C49H32N4/c1-4-14-33(15-5-1)36-20-12-22-39(28-36)48-50-47(35-18-8-3-9-19-35)51-49(52-48)40-27-26-38-32-46-44(31-41(38)29-40)43-24-10-11-25-45(43)53(46)42-23-13-21-37(30-42)34-16-6-2-7-17-34/h1-32H. The lowest BCUT2D eigenvalue weighted by Gasteiger charge is -2.12. The Hall–Kier alpha value is -7.17. The van der Waals surface area contributed by atoms with Gasteiger partial charge in [0.15, 0.2) is 17.5 Å². The van der Waals surface area contributed by atoms with Crippen LogP contribution in [0.5, 0.6) is 0 Å². The number of nitrogens with zero attached hydrogens (tertiary/aromatic N) is 4. The van der Waals surface area contributed by atoms with Crippen LogP contribution < -0.4 is 0 Å². The predicted octanol–water partition coefficient (Wildman–Crippen LogP) is 12.5. The van der Waals surface area contributed by atoms with E-state index in [1.54, 1.807) is 0 Å². The Morgan fingerprint density at radius 2 is 0.811 bits per heavy atom. The minimum atomic E-state index is 0.640. The van der Waals surface area contributed by atoms with Gasteiger partial charge in [0, 0.05) is 33.2 Å². The summed E-state index contributed by atoms with van der Waals surface area (Å²) < 4.78 is 2.39. The van der Waals surface area contributed by atoms with Crippen molar-refractivity contribution in [1.29, 1.82) is 0 Å². The van der Waals surface area contributed by atoms with Crippen LogP contribution >= 0.6 is 0 Å². The summed E-state index contributed by atoms with van der Waals surface area (Å²) in [6.45, 7) is 0. The number of hydrogen-bond donors (Lipinski definition) is 0. The van der Waals surface area contributed by atoms with Gasteiger partial charge >= 0.3 is 0 Å². The molecule has 8 aromatic carbocycles. The van der Waals surface area contributed by atoms with Crippen LogP contribution in [0.15, 0.2) is 194 Å². The molecular weight excluding hydrogens is 645 g/mol. The summed E-state index contributed by atoms with van der Waals surface area (Å²) in [7, 11) is 0. The Bertz CT molecular complexity index is 2930. The summed E-state index contributed by atoms with van der Waals surface area (Å²) in [5.41, 5.74) is 11.0. The zero-order valence-electron chi connectivity index (χ0n) is 28.8. The molecule has 0 aliphatic rings. The molecule has 53 heavy (non-hydrogen) atoms. The number of rotatable bonds is 6. The van der Waals surface area contributed by atoms with Crippen molar-refractivity contribution in [2.45, 2.75) is 0 Å². The van der Waals surface area contributed by atoms with Gasteiger partial charge in [0.2, 0.25) is 0 Å². The van der Waals surface area contributed by atoms with Gasteiger partial charge in [0.05, 0.1) is 11.0 Å². The zero-order chi connectivity index (χ0) is 35.1. The van der Waals surface area contributed by atoms with Crippen LogP contribution in [0.2, 0.25) is 0 Å². The fourth-order valence-corrected chi connectivity index (χ4v) is 7.40. The lowest BCUT2D eigenvalue weighted by molar-refractivity contribution is 1.07. The number of hydrogen-bond acceptors (Lipinski definition) is 3. The first kappa shape index (κ1) is 30.6. The minimum absolute atomic E-state index is 0.640. The maximum Gasteiger partial charge on any atom is 0.164 e. The van der Waals surface area contributed by atoms with Gasteiger partial charge in [-0.15, -0.1) is 0 Å². The second kappa shape index (κ2) is 12.9. The Morgan fingerprint density at radius 1 is 0.283 bits per heavy atom. The molecule has 0 saturated heterocycles. The summed E-state index contributed by atoms with van der Waals surface area (Å²) in [4.78, 5) is 15.2. The summed E-state index contributed by atoms with van der Waals surface area (Å²) in [5.74, 6) is 1.93. The lowest BCUT2D eigenvalue weighted by atomic mass is 10.0. The van der Waals surface area contributed by atoms with E-state index in [0.717, 1.165) is 44.3 Å². The molecule has 0 unspecified atom stereocenters. The molecule has 0 fully saturated rings. The molecule has 0 spiro atoms. The first-order chi connectivity index (χ1) is 26.2. The average Bonchev–Trinajstić information content (AvgIpc) is 3.56. The molecule has 248 valence electrons. The fourth-order valence-electron chi connectivity index (χ4n) is 7.40. The Labute approximate surface area is 307 Å². The van der Waals surface area contributed by atoms with E-state index in [0.29, 0.717) is 17.5 Å². The number of fused-ring (bicyclic) bond motifs is 4. The van der Waals surface area contributed by atoms with Crippen LogP contribution in [-0.2, 0) is 0 Å². The van der Waals surface area contributed by atoms with Crippen LogP contribution in [0.4, 0.5) is 0 Å². The molecule has 0 atom stereocenters. The first-order valence-electron chi connectivity index (χ1n) is 17.9. The van der Waals surface area contributed by atoms with Gasteiger partial charge in [-0.3, -0.25) is 0 Å². The van der Waals surface area contributed by atoms with Gasteiger partial charge in [-0.25, -0.2) is 15.0 Å². The van der Waals surface area contributed by atoms with Crippen LogP contribution in [0, 0.1) is 0 Å². The van der Waals surface area contributed by atoms with Gasteiger partial charge in [0.1, 0.15) is 0 Å². The van der Waals surface area contributed by atoms with E-state index in [4.69, 9.17) is 15.0 Å². The van der Waals surface area contributed by atoms with Crippen molar-refractivity contribution in [3.05, 3.63) is 194 Å². The normalized spacial score (nSPS) is 11.4. The molecule has 4 heteroatoms. The topological polar surface area (TPSA) is 43.6 Å². The van der Waals surface area contributed by atoms with E-state index in [-0.39, 0.29) is 0 Å². The van der Waals surface area contributed by atoms with Crippen LogP contribution in [-0.4, -0.2) is 19.5 Å². The van der Waals surface area contributed by atoms with Crippen molar-refractivity contribution in [2.75, 3.05) is 0 Å². The van der Waals surface area contributed by atoms with Gasteiger partial charge in [-0.05, 0) is 75.5 Å². The molecule has 10 aromatic rings. The van der Waals surface area contributed by atoms with E-state index in [1.165, 1.54) is 32.9 Å². The molecular formula is C49H32N4. The third-order valence-corrected chi connectivity index (χ3v) is 10.00. The molecule has 0 amide bonds. The zero-order valence-corrected chi connectivity index (χ0v) is 28.8. The van der Waals surface area contributed by atoms with Gasteiger partial charge in [0.25, 0.3) is 0 Å². The summed E-state index contributed by atoms with van der Waals surface area (Å²) in [6, 6.07) is 68.2. The van der Waals surface area contributed by atoms with E-state index >= 15 is 0 Å². The molecule has 0 radical (unpaired) electrons. The molecule has 4 nitrogen and oxygen atoms in total. The molecule has 0 aliphatic heterocycles. The predicted molar refractivity (Wildman–Crippen MR) is 219 cm³/mol.